The smallest absolute Gasteiger partial charge is 0.271 e. The van der Waals surface area contributed by atoms with Gasteiger partial charge in [-0.3, -0.25) is 9.48 Å². The van der Waals surface area contributed by atoms with Crippen molar-refractivity contribution in [3.8, 4) is 0 Å². The first-order valence-electron chi connectivity index (χ1n) is 6.91. The van der Waals surface area contributed by atoms with Crippen LogP contribution in [0.1, 0.15) is 24.6 Å². The van der Waals surface area contributed by atoms with Crippen molar-refractivity contribution in [1.82, 2.24) is 15.2 Å². The van der Waals surface area contributed by atoms with Crippen molar-refractivity contribution in [2.24, 2.45) is 5.10 Å². The summed E-state index contributed by atoms with van der Waals surface area (Å²) in [7, 11) is 0. The van der Waals surface area contributed by atoms with Gasteiger partial charge in [0, 0.05) is 6.20 Å². The van der Waals surface area contributed by atoms with Crippen molar-refractivity contribution in [2.45, 2.75) is 26.1 Å². The summed E-state index contributed by atoms with van der Waals surface area (Å²) in [6.45, 7) is 1.55. The van der Waals surface area contributed by atoms with Crippen molar-refractivity contribution < 1.29 is 18.0 Å². The normalized spacial score (nSPS) is 12.3. The molecule has 5 nitrogen and oxygen atoms in total. The van der Waals surface area contributed by atoms with Gasteiger partial charge in [0.2, 0.25) is 0 Å². The highest BCUT2D eigenvalue weighted by atomic mass is 19.4. The minimum absolute atomic E-state index is 0.342. The zero-order valence-electron chi connectivity index (χ0n) is 12.3. The largest absolute Gasteiger partial charge is 0.435 e. The molecule has 0 bridgehead atoms. The van der Waals surface area contributed by atoms with Crippen molar-refractivity contribution >= 4 is 11.6 Å². The molecule has 122 valence electrons. The van der Waals surface area contributed by atoms with E-state index < -0.39 is 17.8 Å². The van der Waals surface area contributed by atoms with E-state index in [0.29, 0.717) is 12.1 Å². The predicted octanol–water partition coefficient (Wildman–Crippen LogP) is 2.83. The molecule has 2 aromatic rings. The van der Waals surface area contributed by atoms with Crippen LogP contribution in [0.3, 0.4) is 0 Å². The van der Waals surface area contributed by atoms with E-state index in [-0.39, 0.29) is 6.54 Å². The molecular formula is C15H15F3N4O. The Labute approximate surface area is 130 Å². The number of hydrazone groups is 1. The summed E-state index contributed by atoms with van der Waals surface area (Å²) in [4.78, 5) is 11.8. The van der Waals surface area contributed by atoms with E-state index in [9.17, 15) is 18.0 Å². The minimum atomic E-state index is -4.53. The summed E-state index contributed by atoms with van der Waals surface area (Å²) in [5.74, 6) is -0.552. The van der Waals surface area contributed by atoms with Crippen LogP contribution in [0.4, 0.5) is 13.2 Å². The minimum Gasteiger partial charge on any atom is -0.271 e. The lowest BCUT2D eigenvalue weighted by Crippen LogP contribution is -2.25. The van der Waals surface area contributed by atoms with Crippen LogP contribution in [0.5, 0.6) is 0 Å². The van der Waals surface area contributed by atoms with Gasteiger partial charge in [-0.05, 0) is 18.1 Å². The lowest BCUT2D eigenvalue weighted by atomic mass is 10.1. The third-order valence-corrected chi connectivity index (χ3v) is 2.99. The molecule has 0 aliphatic heterocycles. The number of hydrogen-bond donors (Lipinski definition) is 1. The number of halogens is 3. The first-order valence-corrected chi connectivity index (χ1v) is 6.91. The Morgan fingerprint density at radius 1 is 1.26 bits per heavy atom. The third-order valence-electron chi connectivity index (χ3n) is 2.99. The molecule has 1 N–H and O–H groups in total. The molecule has 0 saturated heterocycles. The van der Waals surface area contributed by atoms with Crippen LogP contribution < -0.4 is 5.43 Å². The van der Waals surface area contributed by atoms with E-state index in [2.05, 4.69) is 15.6 Å². The van der Waals surface area contributed by atoms with Crippen LogP contribution in [0.15, 0.2) is 47.7 Å². The van der Waals surface area contributed by atoms with Crippen molar-refractivity contribution in [2.75, 3.05) is 0 Å². The monoisotopic (exact) mass is 324 g/mol. The fourth-order valence-corrected chi connectivity index (χ4v) is 1.89. The lowest BCUT2D eigenvalue weighted by molar-refractivity contribution is -0.141. The topological polar surface area (TPSA) is 59.3 Å². The van der Waals surface area contributed by atoms with Crippen molar-refractivity contribution in [3.63, 3.8) is 0 Å². The average molecular weight is 324 g/mol. The zero-order chi connectivity index (χ0) is 16.9. The van der Waals surface area contributed by atoms with Gasteiger partial charge in [0.05, 0.1) is 5.71 Å². The zero-order valence-corrected chi connectivity index (χ0v) is 12.3. The molecule has 1 aromatic carbocycles. The van der Waals surface area contributed by atoms with E-state index in [4.69, 9.17) is 0 Å². The van der Waals surface area contributed by atoms with Gasteiger partial charge in [-0.2, -0.15) is 23.4 Å². The highest BCUT2D eigenvalue weighted by Crippen LogP contribution is 2.27. The first kappa shape index (κ1) is 16.7. The standard InChI is InChI=1S/C15H15F3N4O/c1-2-12(11-6-4-3-5-7-11)19-20-14(23)10-22-9-8-13(21-22)15(16,17)18/h3-9H,2,10H2,1H3,(H,20,23)/b19-12-. The van der Waals surface area contributed by atoms with Gasteiger partial charge in [-0.15, -0.1) is 0 Å². The molecule has 1 amide bonds. The maximum absolute atomic E-state index is 12.4. The Morgan fingerprint density at radius 3 is 2.52 bits per heavy atom. The van der Waals surface area contributed by atoms with Gasteiger partial charge in [-0.25, -0.2) is 5.43 Å². The van der Waals surface area contributed by atoms with Gasteiger partial charge in [0.25, 0.3) is 5.91 Å². The summed E-state index contributed by atoms with van der Waals surface area (Å²) >= 11 is 0. The Hall–Kier alpha value is -2.64. The molecule has 2 rings (SSSR count). The number of carbonyl (C=O) groups excluding carboxylic acids is 1. The Morgan fingerprint density at radius 2 is 1.96 bits per heavy atom. The maximum Gasteiger partial charge on any atom is 0.435 e. The number of nitrogens with one attached hydrogen (secondary N) is 1. The molecule has 0 aliphatic carbocycles. The van der Waals surface area contributed by atoms with Crippen LogP contribution in [0.25, 0.3) is 0 Å². The number of alkyl halides is 3. The van der Waals surface area contributed by atoms with Gasteiger partial charge >= 0.3 is 6.18 Å². The molecule has 0 fully saturated rings. The Bertz CT molecular complexity index is 692. The molecule has 0 saturated carbocycles. The lowest BCUT2D eigenvalue weighted by Gasteiger charge is -2.05. The van der Waals surface area contributed by atoms with Gasteiger partial charge in [0.15, 0.2) is 5.69 Å². The van der Waals surface area contributed by atoms with Crippen LogP contribution in [-0.2, 0) is 17.5 Å². The van der Waals surface area contributed by atoms with E-state index in [1.807, 2.05) is 37.3 Å². The number of amides is 1. The average Bonchev–Trinajstić information content (AvgIpc) is 2.97. The second-order valence-electron chi connectivity index (χ2n) is 4.71. The highest BCUT2D eigenvalue weighted by molar-refractivity contribution is 6.00. The van der Waals surface area contributed by atoms with Crippen LogP contribution >= 0.6 is 0 Å². The molecule has 0 aliphatic rings. The molecule has 1 heterocycles. The van der Waals surface area contributed by atoms with E-state index in [1.165, 1.54) is 0 Å². The van der Waals surface area contributed by atoms with Crippen LogP contribution in [0, 0.1) is 0 Å². The maximum atomic E-state index is 12.4. The molecule has 1 aromatic heterocycles. The molecule has 0 radical (unpaired) electrons. The predicted molar refractivity (Wildman–Crippen MR) is 78.6 cm³/mol. The summed E-state index contributed by atoms with van der Waals surface area (Å²) in [5.41, 5.74) is 2.85. The second-order valence-corrected chi connectivity index (χ2v) is 4.71. The number of hydrogen-bond acceptors (Lipinski definition) is 3. The van der Waals surface area contributed by atoms with E-state index >= 15 is 0 Å². The van der Waals surface area contributed by atoms with Gasteiger partial charge in [0.1, 0.15) is 6.54 Å². The summed E-state index contributed by atoms with van der Waals surface area (Å²) in [6.07, 6.45) is -2.82. The summed E-state index contributed by atoms with van der Waals surface area (Å²) < 4.78 is 38.2. The molecule has 0 atom stereocenters. The Kier molecular flexibility index (Phi) is 5.15. The first-order chi connectivity index (χ1) is 10.9. The molecule has 0 unspecified atom stereocenters. The number of aromatic nitrogens is 2. The molecule has 0 spiro atoms. The third kappa shape index (κ3) is 4.67. The van der Waals surface area contributed by atoms with E-state index in [0.717, 1.165) is 22.5 Å². The van der Waals surface area contributed by atoms with Crippen molar-refractivity contribution in [3.05, 3.63) is 53.9 Å². The van der Waals surface area contributed by atoms with Crippen LogP contribution in [-0.4, -0.2) is 21.4 Å². The fourth-order valence-electron chi connectivity index (χ4n) is 1.89. The number of rotatable bonds is 5. The molecule has 23 heavy (non-hydrogen) atoms. The number of benzene rings is 1. The number of carbonyl (C=O) groups is 1. The number of nitrogens with zero attached hydrogens (tertiary/aromatic N) is 3. The van der Waals surface area contributed by atoms with Crippen molar-refractivity contribution in [1.29, 1.82) is 0 Å². The fraction of sp³-hybridized carbons (Fsp3) is 0.267. The summed E-state index contributed by atoms with van der Waals surface area (Å²) in [6, 6.07) is 10.1. The molecular weight excluding hydrogens is 309 g/mol. The molecule has 8 heteroatoms. The SMILES string of the molecule is CC/C(=N/NC(=O)Cn1ccc(C(F)(F)F)n1)c1ccccc1. The van der Waals surface area contributed by atoms with Gasteiger partial charge in [-0.1, -0.05) is 37.3 Å². The second kappa shape index (κ2) is 7.08. The van der Waals surface area contributed by atoms with Crippen LogP contribution in [0.2, 0.25) is 0 Å². The summed E-state index contributed by atoms with van der Waals surface area (Å²) in [5, 5.41) is 7.33. The van der Waals surface area contributed by atoms with Gasteiger partial charge < -0.3 is 0 Å². The quantitative estimate of drug-likeness (QED) is 0.679. The highest BCUT2D eigenvalue weighted by Gasteiger charge is 2.33. The Balaban J connectivity index is 1.99. The van der Waals surface area contributed by atoms with E-state index in [1.54, 1.807) is 0 Å².